The lowest BCUT2D eigenvalue weighted by Crippen LogP contribution is -2.42. The predicted molar refractivity (Wildman–Crippen MR) is 82.5 cm³/mol. The van der Waals surface area contributed by atoms with Crippen molar-refractivity contribution in [3.63, 3.8) is 0 Å². The van der Waals surface area contributed by atoms with Gasteiger partial charge in [-0.15, -0.1) is 0 Å². The maximum atomic E-state index is 12.5. The fourth-order valence-corrected chi connectivity index (χ4v) is 4.33. The van der Waals surface area contributed by atoms with Crippen LogP contribution in [-0.4, -0.2) is 22.9 Å². The van der Waals surface area contributed by atoms with Crippen molar-refractivity contribution in [3.05, 3.63) is 22.4 Å². The number of rotatable bonds is 3. The number of nitrogens with one attached hydrogen (secondary N) is 1. The Kier molecular flexibility index (Phi) is 4.13. The molecular formula is C16H24N2OS. The SMILES string of the molecule is CCC1CCC(N2C(=O)C(C)NC2c2ccsc2)CC1. The van der Waals surface area contributed by atoms with E-state index in [0.717, 1.165) is 5.92 Å². The van der Waals surface area contributed by atoms with Crippen LogP contribution in [-0.2, 0) is 4.79 Å². The lowest BCUT2D eigenvalue weighted by Gasteiger charge is -2.37. The number of thiophene rings is 1. The van der Waals surface area contributed by atoms with Gasteiger partial charge >= 0.3 is 0 Å². The van der Waals surface area contributed by atoms with Crippen molar-refractivity contribution in [1.82, 2.24) is 10.2 Å². The molecule has 20 heavy (non-hydrogen) atoms. The minimum Gasteiger partial charge on any atom is -0.319 e. The van der Waals surface area contributed by atoms with Gasteiger partial charge < -0.3 is 4.90 Å². The molecule has 1 aromatic rings. The summed E-state index contributed by atoms with van der Waals surface area (Å²) < 4.78 is 0. The second-order valence-electron chi connectivity index (χ2n) is 6.18. The van der Waals surface area contributed by atoms with Gasteiger partial charge in [0.05, 0.1) is 6.04 Å². The van der Waals surface area contributed by atoms with Crippen LogP contribution in [0, 0.1) is 5.92 Å². The van der Waals surface area contributed by atoms with Crippen LogP contribution in [0.4, 0.5) is 0 Å². The molecule has 110 valence electrons. The highest BCUT2D eigenvalue weighted by Crippen LogP contribution is 2.36. The lowest BCUT2D eigenvalue weighted by molar-refractivity contribution is -0.133. The van der Waals surface area contributed by atoms with Gasteiger partial charge in [-0.3, -0.25) is 10.1 Å². The van der Waals surface area contributed by atoms with Crippen molar-refractivity contribution in [2.75, 3.05) is 0 Å². The van der Waals surface area contributed by atoms with Crippen LogP contribution in [0.3, 0.4) is 0 Å². The molecule has 3 nitrogen and oxygen atoms in total. The van der Waals surface area contributed by atoms with E-state index in [9.17, 15) is 4.79 Å². The van der Waals surface area contributed by atoms with E-state index in [1.54, 1.807) is 11.3 Å². The average molecular weight is 292 g/mol. The first-order chi connectivity index (χ1) is 9.70. The van der Waals surface area contributed by atoms with Gasteiger partial charge in [0, 0.05) is 6.04 Å². The van der Waals surface area contributed by atoms with E-state index < -0.39 is 0 Å². The second-order valence-corrected chi connectivity index (χ2v) is 6.96. The molecule has 1 saturated carbocycles. The van der Waals surface area contributed by atoms with E-state index in [2.05, 4.69) is 34.0 Å². The van der Waals surface area contributed by atoms with E-state index in [1.165, 1.54) is 37.7 Å². The maximum absolute atomic E-state index is 12.5. The van der Waals surface area contributed by atoms with Crippen molar-refractivity contribution in [1.29, 1.82) is 0 Å². The van der Waals surface area contributed by atoms with E-state index in [0.29, 0.717) is 6.04 Å². The number of amides is 1. The van der Waals surface area contributed by atoms with Crippen molar-refractivity contribution >= 4 is 17.2 Å². The smallest absolute Gasteiger partial charge is 0.241 e. The standard InChI is InChI=1S/C16H24N2OS/c1-3-12-4-6-14(7-5-12)18-15(13-8-9-20-10-13)17-11(2)16(18)19/h8-12,14-15,17H,3-7H2,1-2H3. The molecular weight excluding hydrogens is 268 g/mol. The zero-order valence-corrected chi connectivity index (χ0v) is 13.2. The first-order valence-corrected chi connectivity index (χ1v) is 8.75. The van der Waals surface area contributed by atoms with Gasteiger partial charge in [-0.05, 0) is 60.9 Å². The minimum atomic E-state index is -0.0520. The number of hydrogen-bond donors (Lipinski definition) is 1. The quantitative estimate of drug-likeness (QED) is 0.924. The van der Waals surface area contributed by atoms with Gasteiger partial charge in [0.2, 0.25) is 5.91 Å². The third-order valence-electron chi connectivity index (χ3n) is 4.96. The molecule has 2 fully saturated rings. The van der Waals surface area contributed by atoms with Crippen LogP contribution in [0.15, 0.2) is 16.8 Å². The Morgan fingerprint density at radius 3 is 2.70 bits per heavy atom. The highest BCUT2D eigenvalue weighted by Gasteiger charge is 2.42. The fourth-order valence-electron chi connectivity index (χ4n) is 3.65. The van der Waals surface area contributed by atoms with Crippen LogP contribution in [0.1, 0.15) is 57.7 Å². The molecule has 2 atom stereocenters. The summed E-state index contributed by atoms with van der Waals surface area (Å²) in [5.41, 5.74) is 1.24. The highest BCUT2D eigenvalue weighted by atomic mass is 32.1. The number of carbonyl (C=O) groups is 1. The molecule has 1 aliphatic carbocycles. The minimum absolute atomic E-state index is 0.0520. The summed E-state index contributed by atoms with van der Waals surface area (Å²) in [5.74, 6) is 1.15. The Labute approximate surface area is 125 Å². The monoisotopic (exact) mass is 292 g/mol. The van der Waals surface area contributed by atoms with Gasteiger partial charge in [0.25, 0.3) is 0 Å². The molecule has 4 heteroatoms. The summed E-state index contributed by atoms with van der Waals surface area (Å²) in [6.07, 6.45) is 6.25. The molecule has 1 saturated heterocycles. The Morgan fingerprint density at radius 1 is 1.35 bits per heavy atom. The van der Waals surface area contributed by atoms with Crippen molar-refractivity contribution in [3.8, 4) is 0 Å². The van der Waals surface area contributed by atoms with Crippen LogP contribution < -0.4 is 5.32 Å². The van der Waals surface area contributed by atoms with Crippen LogP contribution in [0.25, 0.3) is 0 Å². The molecule has 1 aliphatic heterocycles. The summed E-state index contributed by atoms with van der Waals surface area (Å²) in [4.78, 5) is 14.7. The zero-order valence-electron chi connectivity index (χ0n) is 12.3. The number of carbonyl (C=O) groups excluding carboxylic acids is 1. The second kappa shape index (κ2) is 5.86. The summed E-state index contributed by atoms with van der Waals surface area (Å²) in [6.45, 7) is 4.27. The molecule has 0 aromatic carbocycles. The van der Waals surface area contributed by atoms with Crippen LogP contribution in [0.2, 0.25) is 0 Å². The van der Waals surface area contributed by atoms with Gasteiger partial charge in [0.15, 0.2) is 0 Å². The molecule has 2 heterocycles. The molecule has 0 radical (unpaired) electrons. The summed E-state index contributed by atoms with van der Waals surface area (Å²) in [5, 5.41) is 7.72. The largest absolute Gasteiger partial charge is 0.319 e. The number of hydrogen-bond acceptors (Lipinski definition) is 3. The maximum Gasteiger partial charge on any atom is 0.241 e. The van der Waals surface area contributed by atoms with E-state index in [1.807, 2.05) is 6.92 Å². The van der Waals surface area contributed by atoms with Crippen LogP contribution >= 0.6 is 11.3 Å². The van der Waals surface area contributed by atoms with E-state index in [4.69, 9.17) is 0 Å². The molecule has 1 aromatic heterocycles. The van der Waals surface area contributed by atoms with Crippen molar-refractivity contribution < 1.29 is 4.79 Å². The lowest BCUT2D eigenvalue weighted by atomic mass is 9.83. The predicted octanol–water partition coefficient (Wildman–Crippen LogP) is 3.54. The summed E-state index contributed by atoms with van der Waals surface area (Å²) in [6, 6.07) is 2.51. The molecule has 1 amide bonds. The molecule has 0 bridgehead atoms. The third kappa shape index (κ3) is 2.51. The summed E-state index contributed by atoms with van der Waals surface area (Å²) in [7, 11) is 0. The summed E-state index contributed by atoms with van der Waals surface area (Å²) >= 11 is 1.70. The van der Waals surface area contributed by atoms with Gasteiger partial charge in [-0.1, -0.05) is 13.3 Å². The number of nitrogens with zero attached hydrogens (tertiary/aromatic N) is 1. The Bertz CT molecular complexity index is 451. The fraction of sp³-hybridized carbons (Fsp3) is 0.688. The molecule has 1 N–H and O–H groups in total. The Hall–Kier alpha value is -0.870. The van der Waals surface area contributed by atoms with Crippen molar-refractivity contribution in [2.24, 2.45) is 5.92 Å². The Balaban J connectivity index is 1.77. The van der Waals surface area contributed by atoms with Crippen molar-refractivity contribution in [2.45, 2.75) is 64.2 Å². The van der Waals surface area contributed by atoms with Gasteiger partial charge in [-0.2, -0.15) is 11.3 Å². The van der Waals surface area contributed by atoms with E-state index in [-0.39, 0.29) is 18.1 Å². The average Bonchev–Trinajstić information content (AvgIpc) is 3.09. The molecule has 2 aliphatic rings. The van der Waals surface area contributed by atoms with E-state index >= 15 is 0 Å². The topological polar surface area (TPSA) is 32.3 Å². The van der Waals surface area contributed by atoms with Gasteiger partial charge in [0.1, 0.15) is 6.17 Å². The normalized spacial score (nSPS) is 34.7. The molecule has 2 unspecified atom stereocenters. The first-order valence-electron chi connectivity index (χ1n) is 7.81. The zero-order chi connectivity index (χ0) is 14.1. The molecule has 0 spiro atoms. The molecule has 3 rings (SSSR count). The highest BCUT2D eigenvalue weighted by molar-refractivity contribution is 7.07. The van der Waals surface area contributed by atoms with Gasteiger partial charge in [-0.25, -0.2) is 0 Å². The first kappa shape index (κ1) is 14.1. The Morgan fingerprint density at radius 2 is 2.10 bits per heavy atom. The third-order valence-corrected chi connectivity index (χ3v) is 5.66. The van der Waals surface area contributed by atoms with Crippen LogP contribution in [0.5, 0.6) is 0 Å².